The standard InChI is InChI=1S/C12H19NO/c1-3-8-13-10-6-4-5-7-12(10,2)9-11(13)14/h6H,3-5,7-9H2,1-2H3. The van der Waals surface area contributed by atoms with E-state index in [2.05, 4.69) is 19.9 Å². The maximum absolute atomic E-state index is 11.8. The van der Waals surface area contributed by atoms with E-state index in [4.69, 9.17) is 0 Å². The quantitative estimate of drug-likeness (QED) is 0.660. The second kappa shape index (κ2) is 3.41. The Morgan fingerprint density at radius 3 is 3.07 bits per heavy atom. The molecule has 1 heterocycles. The first-order valence-electron chi connectivity index (χ1n) is 5.68. The van der Waals surface area contributed by atoms with E-state index in [9.17, 15) is 4.79 Å². The van der Waals surface area contributed by atoms with Crippen LogP contribution >= 0.6 is 0 Å². The van der Waals surface area contributed by atoms with Crippen molar-refractivity contribution in [2.45, 2.75) is 46.0 Å². The molecule has 0 aromatic heterocycles. The normalized spacial score (nSPS) is 31.7. The van der Waals surface area contributed by atoms with Gasteiger partial charge in [-0.3, -0.25) is 4.79 Å². The summed E-state index contributed by atoms with van der Waals surface area (Å²) in [6, 6.07) is 0. The predicted octanol–water partition coefficient (Wildman–Crippen LogP) is 2.70. The lowest BCUT2D eigenvalue weighted by Gasteiger charge is -2.31. The maximum Gasteiger partial charge on any atom is 0.227 e. The first kappa shape index (κ1) is 9.75. The monoisotopic (exact) mass is 193 g/mol. The van der Waals surface area contributed by atoms with Gasteiger partial charge in [0, 0.05) is 24.1 Å². The molecule has 2 aliphatic rings. The molecule has 1 aliphatic carbocycles. The summed E-state index contributed by atoms with van der Waals surface area (Å²) in [4.78, 5) is 13.8. The van der Waals surface area contributed by atoms with Crippen LogP contribution in [-0.2, 0) is 4.79 Å². The molecule has 0 radical (unpaired) electrons. The molecule has 1 fully saturated rings. The van der Waals surface area contributed by atoms with Crippen LogP contribution < -0.4 is 0 Å². The van der Waals surface area contributed by atoms with Crippen LogP contribution in [0.4, 0.5) is 0 Å². The molecule has 1 aliphatic heterocycles. The number of carbonyl (C=O) groups is 1. The van der Waals surface area contributed by atoms with Crippen LogP contribution in [-0.4, -0.2) is 17.4 Å². The van der Waals surface area contributed by atoms with E-state index < -0.39 is 0 Å². The molecular weight excluding hydrogens is 174 g/mol. The highest BCUT2D eigenvalue weighted by atomic mass is 16.2. The Labute approximate surface area is 86.0 Å². The van der Waals surface area contributed by atoms with Gasteiger partial charge in [-0.1, -0.05) is 19.9 Å². The van der Waals surface area contributed by atoms with Gasteiger partial charge >= 0.3 is 0 Å². The van der Waals surface area contributed by atoms with Crippen LogP contribution in [0.25, 0.3) is 0 Å². The highest BCUT2D eigenvalue weighted by Crippen LogP contribution is 2.47. The number of carbonyl (C=O) groups excluding carboxylic acids is 1. The summed E-state index contributed by atoms with van der Waals surface area (Å²) in [5.41, 5.74) is 1.49. The summed E-state index contributed by atoms with van der Waals surface area (Å²) in [5, 5.41) is 0. The van der Waals surface area contributed by atoms with Crippen LogP contribution in [0.2, 0.25) is 0 Å². The number of allylic oxidation sites excluding steroid dienone is 2. The minimum absolute atomic E-state index is 0.171. The lowest BCUT2D eigenvalue weighted by Crippen LogP contribution is -2.27. The number of amides is 1. The van der Waals surface area contributed by atoms with E-state index in [-0.39, 0.29) is 5.41 Å². The van der Waals surface area contributed by atoms with E-state index in [0.717, 1.165) is 25.8 Å². The molecule has 78 valence electrons. The third-order valence-corrected chi connectivity index (χ3v) is 3.47. The Kier molecular flexibility index (Phi) is 2.38. The fourth-order valence-electron chi connectivity index (χ4n) is 2.75. The lowest BCUT2D eigenvalue weighted by molar-refractivity contribution is -0.127. The molecule has 1 amide bonds. The molecule has 1 unspecified atom stereocenters. The van der Waals surface area contributed by atoms with Gasteiger partial charge in [0.25, 0.3) is 0 Å². The van der Waals surface area contributed by atoms with Gasteiger partial charge in [0.2, 0.25) is 5.91 Å². The zero-order chi connectivity index (χ0) is 10.2. The van der Waals surface area contributed by atoms with Gasteiger partial charge in [-0.05, 0) is 25.7 Å². The molecule has 0 bridgehead atoms. The van der Waals surface area contributed by atoms with Crippen molar-refractivity contribution in [1.29, 1.82) is 0 Å². The van der Waals surface area contributed by atoms with Crippen molar-refractivity contribution >= 4 is 5.91 Å². The Morgan fingerprint density at radius 2 is 2.36 bits per heavy atom. The van der Waals surface area contributed by atoms with Gasteiger partial charge in [0.15, 0.2) is 0 Å². The summed E-state index contributed by atoms with van der Waals surface area (Å²) in [6.07, 6.45) is 7.65. The van der Waals surface area contributed by atoms with Crippen molar-refractivity contribution in [2.75, 3.05) is 6.54 Å². The van der Waals surface area contributed by atoms with Gasteiger partial charge in [-0.25, -0.2) is 0 Å². The molecule has 2 heteroatoms. The van der Waals surface area contributed by atoms with Crippen molar-refractivity contribution in [2.24, 2.45) is 5.41 Å². The molecule has 0 spiro atoms. The van der Waals surface area contributed by atoms with Crippen molar-refractivity contribution in [3.8, 4) is 0 Å². The van der Waals surface area contributed by atoms with Gasteiger partial charge in [-0.15, -0.1) is 0 Å². The molecule has 1 atom stereocenters. The largest absolute Gasteiger partial charge is 0.316 e. The smallest absolute Gasteiger partial charge is 0.227 e. The second-order valence-corrected chi connectivity index (χ2v) is 4.76. The highest BCUT2D eigenvalue weighted by molar-refractivity contribution is 5.83. The number of hydrogen-bond donors (Lipinski definition) is 0. The van der Waals surface area contributed by atoms with Crippen LogP contribution in [0, 0.1) is 5.41 Å². The highest BCUT2D eigenvalue weighted by Gasteiger charge is 2.44. The van der Waals surface area contributed by atoms with E-state index in [1.807, 2.05) is 4.90 Å². The van der Waals surface area contributed by atoms with Crippen LogP contribution in [0.5, 0.6) is 0 Å². The SMILES string of the molecule is CCCN1C(=O)CC2(C)CCCC=C12. The topological polar surface area (TPSA) is 20.3 Å². The molecule has 2 rings (SSSR count). The Morgan fingerprint density at radius 1 is 1.57 bits per heavy atom. The summed E-state index contributed by atoms with van der Waals surface area (Å²) in [6.45, 7) is 5.28. The third-order valence-electron chi connectivity index (χ3n) is 3.47. The third kappa shape index (κ3) is 1.37. The molecule has 0 aromatic rings. The fourth-order valence-corrected chi connectivity index (χ4v) is 2.75. The van der Waals surface area contributed by atoms with Gasteiger partial charge in [-0.2, -0.15) is 0 Å². The Balaban J connectivity index is 2.27. The maximum atomic E-state index is 11.8. The summed E-state index contributed by atoms with van der Waals surface area (Å²) >= 11 is 0. The Hall–Kier alpha value is -0.790. The summed E-state index contributed by atoms with van der Waals surface area (Å²) in [5.74, 6) is 0.336. The predicted molar refractivity (Wildman–Crippen MR) is 56.7 cm³/mol. The van der Waals surface area contributed by atoms with Gasteiger partial charge in [0.1, 0.15) is 0 Å². The van der Waals surface area contributed by atoms with Crippen LogP contribution in [0.1, 0.15) is 46.0 Å². The van der Waals surface area contributed by atoms with Gasteiger partial charge < -0.3 is 4.90 Å². The number of rotatable bonds is 2. The van der Waals surface area contributed by atoms with Crippen molar-refractivity contribution < 1.29 is 4.79 Å². The average molecular weight is 193 g/mol. The first-order chi connectivity index (χ1) is 6.67. The van der Waals surface area contributed by atoms with Crippen LogP contribution in [0.15, 0.2) is 11.8 Å². The number of likely N-dealkylation sites (tertiary alicyclic amines) is 1. The zero-order valence-corrected chi connectivity index (χ0v) is 9.18. The minimum Gasteiger partial charge on any atom is -0.316 e. The average Bonchev–Trinajstić information content (AvgIpc) is 2.39. The van der Waals surface area contributed by atoms with Crippen LogP contribution in [0.3, 0.4) is 0 Å². The minimum atomic E-state index is 0.171. The van der Waals surface area contributed by atoms with Crippen molar-refractivity contribution in [3.05, 3.63) is 11.8 Å². The molecule has 1 saturated heterocycles. The van der Waals surface area contributed by atoms with E-state index in [1.54, 1.807) is 0 Å². The second-order valence-electron chi connectivity index (χ2n) is 4.76. The van der Waals surface area contributed by atoms with E-state index in [1.165, 1.54) is 18.5 Å². The molecule has 2 nitrogen and oxygen atoms in total. The lowest BCUT2D eigenvalue weighted by atomic mass is 9.77. The fraction of sp³-hybridized carbons (Fsp3) is 0.750. The molecule has 0 saturated carbocycles. The number of hydrogen-bond acceptors (Lipinski definition) is 1. The number of fused-ring (bicyclic) bond motifs is 1. The Bertz CT molecular complexity index is 282. The molecule has 14 heavy (non-hydrogen) atoms. The van der Waals surface area contributed by atoms with Gasteiger partial charge in [0.05, 0.1) is 0 Å². The van der Waals surface area contributed by atoms with Crippen molar-refractivity contribution in [3.63, 3.8) is 0 Å². The first-order valence-corrected chi connectivity index (χ1v) is 5.68. The summed E-state index contributed by atoms with van der Waals surface area (Å²) in [7, 11) is 0. The van der Waals surface area contributed by atoms with E-state index in [0.29, 0.717) is 5.91 Å². The molecule has 0 N–H and O–H groups in total. The molecule has 0 aromatic carbocycles. The number of nitrogens with zero attached hydrogens (tertiary/aromatic N) is 1. The van der Waals surface area contributed by atoms with E-state index >= 15 is 0 Å². The zero-order valence-electron chi connectivity index (χ0n) is 9.18. The summed E-state index contributed by atoms with van der Waals surface area (Å²) < 4.78 is 0. The molecular formula is C12H19NO. The van der Waals surface area contributed by atoms with Crippen molar-refractivity contribution in [1.82, 2.24) is 4.90 Å².